The number of halogens is 2. The van der Waals surface area contributed by atoms with Gasteiger partial charge in [-0.3, -0.25) is 0 Å². The number of rotatable bonds is 4. The average Bonchev–Trinajstić information content (AvgIpc) is 2.37. The van der Waals surface area contributed by atoms with E-state index in [1.807, 2.05) is 49.4 Å². The van der Waals surface area contributed by atoms with Crippen molar-refractivity contribution in [3.63, 3.8) is 0 Å². The van der Waals surface area contributed by atoms with E-state index in [9.17, 15) is 0 Å². The van der Waals surface area contributed by atoms with Crippen molar-refractivity contribution in [2.45, 2.75) is 19.6 Å². The lowest BCUT2D eigenvalue weighted by molar-refractivity contribution is 0.301. The summed E-state index contributed by atoms with van der Waals surface area (Å²) in [6, 6.07) is 13.4. The number of ether oxygens (including phenoxy) is 1. The normalized spacial score (nSPS) is 12.2. The Kier molecular flexibility index (Phi) is 4.86. The summed E-state index contributed by atoms with van der Waals surface area (Å²) < 4.78 is 6.82. The van der Waals surface area contributed by atoms with Crippen LogP contribution in [-0.2, 0) is 6.61 Å². The van der Waals surface area contributed by atoms with Gasteiger partial charge in [0.25, 0.3) is 0 Å². The summed E-state index contributed by atoms with van der Waals surface area (Å²) in [7, 11) is 0. The number of benzene rings is 2. The topological polar surface area (TPSA) is 35.2 Å². The monoisotopic (exact) mass is 339 g/mol. The molecule has 0 aromatic heterocycles. The fourth-order valence-corrected chi connectivity index (χ4v) is 2.31. The molecule has 0 unspecified atom stereocenters. The second-order valence-electron chi connectivity index (χ2n) is 4.35. The molecule has 0 heterocycles. The van der Waals surface area contributed by atoms with Crippen molar-refractivity contribution in [3.8, 4) is 5.75 Å². The Labute approximate surface area is 126 Å². The zero-order valence-electron chi connectivity index (χ0n) is 10.6. The van der Waals surface area contributed by atoms with Crippen molar-refractivity contribution in [1.82, 2.24) is 0 Å². The Morgan fingerprint density at radius 3 is 2.68 bits per heavy atom. The maximum Gasteiger partial charge on any atom is 0.125 e. The molecular formula is C15H15BrClNO. The zero-order chi connectivity index (χ0) is 13.8. The van der Waals surface area contributed by atoms with Crippen molar-refractivity contribution in [3.05, 3.63) is 63.1 Å². The molecule has 19 heavy (non-hydrogen) atoms. The van der Waals surface area contributed by atoms with Gasteiger partial charge in [-0.25, -0.2) is 0 Å². The van der Waals surface area contributed by atoms with E-state index in [0.29, 0.717) is 11.6 Å². The minimum Gasteiger partial charge on any atom is -0.488 e. The van der Waals surface area contributed by atoms with Crippen LogP contribution in [0.4, 0.5) is 0 Å². The SMILES string of the molecule is C[C@@H](N)c1ccc(Br)cc1OCc1ccccc1Cl. The molecule has 100 valence electrons. The Morgan fingerprint density at radius 1 is 1.26 bits per heavy atom. The summed E-state index contributed by atoms with van der Waals surface area (Å²) in [5.41, 5.74) is 7.88. The van der Waals surface area contributed by atoms with Gasteiger partial charge in [-0.05, 0) is 25.1 Å². The van der Waals surface area contributed by atoms with Crippen molar-refractivity contribution in [2.24, 2.45) is 5.73 Å². The van der Waals surface area contributed by atoms with Crippen LogP contribution in [0.25, 0.3) is 0 Å². The molecule has 2 N–H and O–H groups in total. The number of hydrogen-bond donors (Lipinski definition) is 1. The average molecular weight is 341 g/mol. The molecule has 0 aliphatic heterocycles. The van der Waals surface area contributed by atoms with E-state index in [-0.39, 0.29) is 6.04 Å². The summed E-state index contributed by atoms with van der Waals surface area (Å²) in [4.78, 5) is 0. The van der Waals surface area contributed by atoms with Crippen LogP contribution in [0.3, 0.4) is 0 Å². The van der Waals surface area contributed by atoms with Gasteiger partial charge in [0.2, 0.25) is 0 Å². The third kappa shape index (κ3) is 3.72. The maximum absolute atomic E-state index is 6.11. The molecule has 2 aromatic carbocycles. The van der Waals surface area contributed by atoms with Crippen LogP contribution >= 0.6 is 27.5 Å². The largest absolute Gasteiger partial charge is 0.488 e. The van der Waals surface area contributed by atoms with Gasteiger partial charge in [0.15, 0.2) is 0 Å². The highest BCUT2D eigenvalue weighted by Crippen LogP contribution is 2.29. The van der Waals surface area contributed by atoms with E-state index >= 15 is 0 Å². The van der Waals surface area contributed by atoms with E-state index in [4.69, 9.17) is 22.1 Å². The van der Waals surface area contributed by atoms with Gasteiger partial charge >= 0.3 is 0 Å². The summed E-state index contributed by atoms with van der Waals surface area (Å²) in [6.45, 7) is 2.36. The molecule has 0 saturated carbocycles. The Bertz CT molecular complexity index is 572. The molecule has 0 fully saturated rings. The fourth-order valence-electron chi connectivity index (χ4n) is 1.78. The fraction of sp³-hybridized carbons (Fsp3) is 0.200. The number of nitrogens with two attached hydrogens (primary N) is 1. The molecule has 0 aliphatic carbocycles. The molecule has 0 spiro atoms. The summed E-state index contributed by atoms with van der Waals surface area (Å²) >= 11 is 9.55. The molecule has 0 amide bonds. The minimum atomic E-state index is -0.0747. The third-order valence-electron chi connectivity index (χ3n) is 2.81. The Hall–Kier alpha value is -1.03. The lowest BCUT2D eigenvalue weighted by Gasteiger charge is -2.15. The van der Waals surface area contributed by atoms with Crippen molar-refractivity contribution in [2.75, 3.05) is 0 Å². The lowest BCUT2D eigenvalue weighted by atomic mass is 10.1. The summed E-state index contributed by atoms with van der Waals surface area (Å²) in [6.07, 6.45) is 0. The van der Waals surface area contributed by atoms with E-state index in [1.54, 1.807) is 0 Å². The van der Waals surface area contributed by atoms with Gasteiger partial charge in [-0.2, -0.15) is 0 Å². The molecule has 0 bridgehead atoms. The van der Waals surface area contributed by atoms with Crippen molar-refractivity contribution in [1.29, 1.82) is 0 Å². The number of hydrogen-bond acceptors (Lipinski definition) is 2. The van der Waals surface area contributed by atoms with Gasteiger partial charge in [-0.1, -0.05) is 51.8 Å². The standard InChI is InChI=1S/C15H15BrClNO/c1-10(18)13-7-6-12(16)8-15(13)19-9-11-4-2-3-5-14(11)17/h2-8,10H,9,18H2,1H3/t10-/m1/s1. The van der Waals surface area contributed by atoms with Crippen LogP contribution < -0.4 is 10.5 Å². The third-order valence-corrected chi connectivity index (χ3v) is 3.67. The maximum atomic E-state index is 6.11. The lowest BCUT2D eigenvalue weighted by Crippen LogP contribution is -2.08. The first-order valence-electron chi connectivity index (χ1n) is 5.99. The highest BCUT2D eigenvalue weighted by atomic mass is 79.9. The first-order valence-corrected chi connectivity index (χ1v) is 7.16. The van der Waals surface area contributed by atoms with Crippen molar-refractivity contribution < 1.29 is 4.74 Å². The van der Waals surface area contributed by atoms with Crippen molar-refractivity contribution >= 4 is 27.5 Å². The molecule has 0 aliphatic rings. The second-order valence-corrected chi connectivity index (χ2v) is 5.67. The van der Waals surface area contributed by atoms with Gasteiger partial charge < -0.3 is 10.5 Å². The highest BCUT2D eigenvalue weighted by molar-refractivity contribution is 9.10. The predicted molar refractivity (Wildman–Crippen MR) is 82.5 cm³/mol. The van der Waals surface area contributed by atoms with E-state index in [0.717, 1.165) is 21.3 Å². The van der Waals surface area contributed by atoms with Gasteiger partial charge in [0.1, 0.15) is 12.4 Å². The van der Waals surface area contributed by atoms with E-state index in [1.165, 1.54) is 0 Å². The molecular weight excluding hydrogens is 326 g/mol. The molecule has 4 heteroatoms. The van der Waals surface area contributed by atoms with Crippen LogP contribution in [-0.4, -0.2) is 0 Å². The van der Waals surface area contributed by atoms with Crippen LogP contribution in [0.5, 0.6) is 5.75 Å². The smallest absolute Gasteiger partial charge is 0.125 e. The van der Waals surface area contributed by atoms with Crippen LogP contribution in [0, 0.1) is 0 Å². The van der Waals surface area contributed by atoms with Crippen LogP contribution in [0.1, 0.15) is 24.1 Å². The second kappa shape index (κ2) is 6.42. The molecule has 1 atom stereocenters. The molecule has 2 nitrogen and oxygen atoms in total. The van der Waals surface area contributed by atoms with Gasteiger partial charge in [-0.15, -0.1) is 0 Å². The van der Waals surface area contributed by atoms with E-state index < -0.39 is 0 Å². The zero-order valence-corrected chi connectivity index (χ0v) is 12.9. The van der Waals surface area contributed by atoms with Gasteiger partial charge in [0, 0.05) is 26.7 Å². The quantitative estimate of drug-likeness (QED) is 0.875. The molecule has 2 rings (SSSR count). The molecule has 2 aromatic rings. The summed E-state index contributed by atoms with van der Waals surface area (Å²) in [5.74, 6) is 0.782. The predicted octanol–water partition coefficient (Wildman–Crippen LogP) is 4.70. The molecule has 0 radical (unpaired) electrons. The van der Waals surface area contributed by atoms with Crippen LogP contribution in [0.2, 0.25) is 5.02 Å². The first-order chi connectivity index (χ1) is 9.08. The van der Waals surface area contributed by atoms with Gasteiger partial charge in [0.05, 0.1) is 0 Å². The van der Waals surface area contributed by atoms with E-state index in [2.05, 4.69) is 15.9 Å². The highest BCUT2D eigenvalue weighted by Gasteiger charge is 2.09. The van der Waals surface area contributed by atoms with Crippen LogP contribution in [0.15, 0.2) is 46.9 Å². The Balaban J connectivity index is 2.19. The minimum absolute atomic E-state index is 0.0747. The Morgan fingerprint density at radius 2 is 2.00 bits per heavy atom. The molecule has 0 saturated heterocycles. The summed E-state index contributed by atoms with van der Waals surface area (Å²) in [5, 5.41) is 0.708. The first kappa shape index (κ1) is 14.4.